The Balaban J connectivity index is 1.94. The number of imide groups is 1. The molecule has 0 saturated carbocycles. The maximum absolute atomic E-state index is 13.7. The molecule has 7 heteroatoms. The highest BCUT2D eigenvalue weighted by Gasteiger charge is 2.54. The molecule has 1 fully saturated rings. The SMILES string of the molecule is CCN(Cc1ccncc1)C(=O)CC1(c2ccccc2C)CC(=O)N(CCN(C)C)C1=O. The highest BCUT2D eigenvalue weighted by atomic mass is 16.2. The van der Waals surface area contributed by atoms with Gasteiger partial charge in [-0.25, -0.2) is 0 Å². The number of aryl methyl sites for hydroxylation is 1. The fourth-order valence-corrected chi connectivity index (χ4v) is 4.34. The molecular weight excluding hydrogens is 404 g/mol. The van der Waals surface area contributed by atoms with Crippen molar-refractivity contribution in [3.63, 3.8) is 0 Å². The number of pyridine rings is 1. The predicted molar refractivity (Wildman–Crippen MR) is 123 cm³/mol. The maximum atomic E-state index is 13.7. The standard InChI is InChI=1S/C25H32N4O3/c1-5-28(18-20-10-12-26-13-11-20)22(30)16-25(21-9-7-6-8-19(21)2)17-23(31)29(24(25)32)15-14-27(3)4/h6-13H,5,14-18H2,1-4H3. The first-order valence-corrected chi connectivity index (χ1v) is 11.0. The molecule has 2 heterocycles. The first kappa shape index (κ1) is 23.6. The van der Waals surface area contributed by atoms with Gasteiger partial charge in [0, 0.05) is 51.4 Å². The Labute approximate surface area is 190 Å². The molecule has 1 saturated heterocycles. The number of hydrogen-bond acceptors (Lipinski definition) is 5. The fourth-order valence-electron chi connectivity index (χ4n) is 4.34. The Morgan fingerprint density at radius 3 is 2.44 bits per heavy atom. The van der Waals surface area contributed by atoms with Gasteiger partial charge in [-0.15, -0.1) is 0 Å². The minimum atomic E-state index is -1.17. The number of nitrogens with zero attached hydrogens (tertiary/aromatic N) is 4. The lowest BCUT2D eigenvalue weighted by molar-refractivity contribution is -0.143. The van der Waals surface area contributed by atoms with E-state index in [-0.39, 0.29) is 30.6 Å². The highest BCUT2D eigenvalue weighted by molar-refractivity contribution is 6.11. The molecule has 1 atom stereocenters. The van der Waals surface area contributed by atoms with Crippen molar-refractivity contribution in [2.75, 3.05) is 33.7 Å². The summed E-state index contributed by atoms with van der Waals surface area (Å²) in [5.74, 6) is -0.625. The van der Waals surface area contributed by atoms with Gasteiger partial charge in [-0.2, -0.15) is 0 Å². The molecule has 3 amide bonds. The van der Waals surface area contributed by atoms with E-state index in [0.29, 0.717) is 26.2 Å². The molecule has 0 N–H and O–H groups in total. The van der Waals surface area contributed by atoms with Crippen molar-refractivity contribution in [1.82, 2.24) is 19.7 Å². The van der Waals surface area contributed by atoms with Crippen molar-refractivity contribution in [1.29, 1.82) is 0 Å². The lowest BCUT2D eigenvalue weighted by Gasteiger charge is -2.31. The van der Waals surface area contributed by atoms with Crippen LogP contribution in [0.4, 0.5) is 0 Å². The molecule has 7 nitrogen and oxygen atoms in total. The maximum Gasteiger partial charge on any atom is 0.240 e. The molecule has 0 aliphatic carbocycles. The minimum Gasteiger partial charge on any atom is -0.339 e. The van der Waals surface area contributed by atoms with Crippen LogP contribution in [-0.4, -0.2) is 71.1 Å². The number of carbonyl (C=O) groups excluding carboxylic acids is 3. The van der Waals surface area contributed by atoms with Gasteiger partial charge in [0.05, 0.1) is 5.41 Å². The fraction of sp³-hybridized carbons (Fsp3) is 0.440. The number of likely N-dealkylation sites (N-methyl/N-ethyl adjacent to an activating group) is 1. The van der Waals surface area contributed by atoms with Crippen LogP contribution >= 0.6 is 0 Å². The normalized spacial score (nSPS) is 18.5. The Bertz CT molecular complexity index is 976. The summed E-state index contributed by atoms with van der Waals surface area (Å²) in [5, 5.41) is 0. The van der Waals surface area contributed by atoms with Crippen LogP contribution < -0.4 is 0 Å². The van der Waals surface area contributed by atoms with Crippen LogP contribution in [0.5, 0.6) is 0 Å². The van der Waals surface area contributed by atoms with Crippen LogP contribution in [0.3, 0.4) is 0 Å². The summed E-state index contributed by atoms with van der Waals surface area (Å²) in [4.78, 5) is 49.2. The van der Waals surface area contributed by atoms with Crippen LogP contribution in [0.2, 0.25) is 0 Å². The predicted octanol–water partition coefficient (Wildman–Crippen LogP) is 2.39. The van der Waals surface area contributed by atoms with Gasteiger partial charge in [0.25, 0.3) is 0 Å². The topological polar surface area (TPSA) is 73.8 Å². The van der Waals surface area contributed by atoms with Gasteiger partial charge in [-0.1, -0.05) is 24.3 Å². The number of hydrogen-bond donors (Lipinski definition) is 0. The molecule has 170 valence electrons. The second kappa shape index (κ2) is 10.0. The summed E-state index contributed by atoms with van der Waals surface area (Å²) in [6.45, 7) is 5.70. The van der Waals surface area contributed by atoms with E-state index in [0.717, 1.165) is 16.7 Å². The Hall–Kier alpha value is -3.06. The number of aromatic nitrogens is 1. The first-order valence-electron chi connectivity index (χ1n) is 11.0. The number of amides is 3. The van der Waals surface area contributed by atoms with Gasteiger partial charge in [0.2, 0.25) is 17.7 Å². The van der Waals surface area contributed by atoms with E-state index in [1.807, 2.05) is 69.2 Å². The molecule has 1 aromatic heterocycles. The van der Waals surface area contributed by atoms with Gasteiger partial charge >= 0.3 is 0 Å². The third-order valence-electron chi connectivity index (χ3n) is 6.15. The van der Waals surface area contributed by atoms with E-state index in [9.17, 15) is 14.4 Å². The van der Waals surface area contributed by atoms with Crippen molar-refractivity contribution in [3.8, 4) is 0 Å². The molecule has 1 aliphatic rings. The lowest BCUT2D eigenvalue weighted by atomic mass is 9.74. The van der Waals surface area contributed by atoms with E-state index in [1.165, 1.54) is 4.90 Å². The van der Waals surface area contributed by atoms with E-state index >= 15 is 0 Å². The summed E-state index contributed by atoms with van der Waals surface area (Å²) in [6.07, 6.45) is 3.39. The molecule has 1 unspecified atom stereocenters. The summed E-state index contributed by atoms with van der Waals surface area (Å²) in [5.41, 5.74) is 1.48. The van der Waals surface area contributed by atoms with E-state index in [2.05, 4.69) is 4.98 Å². The monoisotopic (exact) mass is 436 g/mol. The van der Waals surface area contributed by atoms with E-state index < -0.39 is 5.41 Å². The zero-order valence-corrected chi connectivity index (χ0v) is 19.4. The van der Waals surface area contributed by atoms with Gasteiger partial charge in [-0.3, -0.25) is 24.3 Å². The van der Waals surface area contributed by atoms with Crippen LogP contribution in [0.15, 0.2) is 48.8 Å². The second-order valence-electron chi connectivity index (χ2n) is 8.67. The second-order valence-corrected chi connectivity index (χ2v) is 8.67. The van der Waals surface area contributed by atoms with Crippen LogP contribution in [0, 0.1) is 6.92 Å². The molecule has 0 radical (unpaired) electrons. The Morgan fingerprint density at radius 2 is 1.81 bits per heavy atom. The molecule has 0 bridgehead atoms. The van der Waals surface area contributed by atoms with Gasteiger partial charge in [0.1, 0.15) is 0 Å². The van der Waals surface area contributed by atoms with Gasteiger partial charge < -0.3 is 9.80 Å². The third-order valence-corrected chi connectivity index (χ3v) is 6.15. The third kappa shape index (κ3) is 4.88. The number of likely N-dealkylation sites (tertiary alicyclic amines) is 1. The number of carbonyl (C=O) groups is 3. The lowest BCUT2D eigenvalue weighted by Crippen LogP contribution is -2.45. The van der Waals surface area contributed by atoms with Crippen LogP contribution in [0.1, 0.15) is 36.5 Å². The molecule has 32 heavy (non-hydrogen) atoms. The van der Waals surface area contributed by atoms with Gasteiger partial charge in [0.15, 0.2) is 0 Å². The zero-order valence-electron chi connectivity index (χ0n) is 19.4. The van der Waals surface area contributed by atoms with E-state index in [1.54, 1.807) is 17.3 Å². The Kier molecular flexibility index (Phi) is 7.40. The van der Waals surface area contributed by atoms with Crippen molar-refractivity contribution in [2.24, 2.45) is 0 Å². The molecular formula is C25H32N4O3. The number of rotatable bonds is 9. The van der Waals surface area contributed by atoms with Crippen LogP contribution in [-0.2, 0) is 26.3 Å². The quantitative estimate of drug-likeness (QED) is 0.565. The average molecular weight is 437 g/mol. The zero-order chi connectivity index (χ0) is 23.3. The molecule has 1 aliphatic heterocycles. The van der Waals surface area contributed by atoms with Gasteiger partial charge in [-0.05, 0) is 56.8 Å². The molecule has 3 rings (SSSR count). The van der Waals surface area contributed by atoms with Crippen molar-refractivity contribution in [3.05, 3.63) is 65.5 Å². The summed E-state index contributed by atoms with van der Waals surface area (Å²) >= 11 is 0. The minimum absolute atomic E-state index is 0.0165. The van der Waals surface area contributed by atoms with Crippen molar-refractivity contribution in [2.45, 2.75) is 38.6 Å². The summed E-state index contributed by atoms with van der Waals surface area (Å²) in [7, 11) is 3.81. The van der Waals surface area contributed by atoms with Crippen molar-refractivity contribution >= 4 is 17.7 Å². The molecule has 1 aromatic carbocycles. The highest BCUT2D eigenvalue weighted by Crippen LogP contribution is 2.41. The smallest absolute Gasteiger partial charge is 0.240 e. The number of benzene rings is 1. The Morgan fingerprint density at radius 1 is 1.12 bits per heavy atom. The van der Waals surface area contributed by atoms with Crippen molar-refractivity contribution < 1.29 is 14.4 Å². The van der Waals surface area contributed by atoms with E-state index in [4.69, 9.17) is 0 Å². The largest absolute Gasteiger partial charge is 0.339 e. The summed E-state index contributed by atoms with van der Waals surface area (Å²) < 4.78 is 0. The first-order chi connectivity index (χ1) is 15.3. The summed E-state index contributed by atoms with van der Waals surface area (Å²) in [6, 6.07) is 11.3. The molecule has 0 spiro atoms. The van der Waals surface area contributed by atoms with Crippen LogP contribution in [0.25, 0.3) is 0 Å². The average Bonchev–Trinajstić information content (AvgIpc) is 3.01. The molecule has 2 aromatic rings.